The summed E-state index contributed by atoms with van der Waals surface area (Å²) >= 11 is 0. The van der Waals surface area contributed by atoms with Gasteiger partial charge in [-0.3, -0.25) is 4.79 Å². The predicted molar refractivity (Wildman–Crippen MR) is 100 cm³/mol. The Morgan fingerprint density at radius 1 is 0.966 bits per heavy atom. The van der Waals surface area contributed by atoms with Gasteiger partial charge in [0.1, 0.15) is 16.9 Å². The molecule has 1 heterocycles. The van der Waals surface area contributed by atoms with Crippen LogP contribution in [0.25, 0.3) is 0 Å². The minimum atomic E-state index is -3.95. The second kappa shape index (κ2) is 8.17. The van der Waals surface area contributed by atoms with Crippen LogP contribution in [-0.2, 0) is 24.7 Å². The molecule has 0 spiro atoms. The average molecular weight is 444 g/mol. The van der Waals surface area contributed by atoms with Crippen LogP contribution < -0.4 is 4.72 Å². The molecular weight excluding hydrogens is 426 g/mol. The van der Waals surface area contributed by atoms with E-state index < -0.39 is 42.7 Å². The van der Waals surface area contributed by atoms with Gasteiger partial charge in [0.15, 0.2) is 9.84 Å². The first-order chi connectivity index (χ1) is 13.6. The Bertz CT molecular complexity index is 1110. The molecule has 0 bridgehead atoms. The maximum absolute atomic E-state index is 13.2. The van der Waals surface area contributed by atoms with Crippen molar-refractivity contribution in [1.29, 1.82) is 0 Å². The maximum atomic E-state index is 13.2. The van der Waals surface area contributed by atoms with E-state index in [9.17, 15) is 30.4 Å². The van der Waals surface area contributed by atoms with Gasteiger partial charge in [0.25, 0.3) is 0 Å². The fourth-order valence-corrected chi connectivity index (χ4v) is 5.54. The molecule has 0 unspecified atom stereocenters. The highest BCUT2D eigenvalue weighted by molar-refractivity contribution is 7.92. The Morgan fingerprint density at radius 3 is 2.24 bits per heavy atom. The molecule has 7 nitrogen and oxygen atoms in total. The summed E-state index contributed by atoms with van der Waals surface area (Å²) in [6.45, 7) is -0.242. The van der Waals surface area contributed by atoms with Crippen LogP contribution in [-0.4, -0.2) is 52.5 Å². The number of rotatable bonds is 7. The smallest absolute Gasteiger partial charge is 0.240 e. The molecule has 29 heavy (non-hydrogen) atoms. The van der Waals surface area contributed by atoms with Gasteiger partial charge >= 0.3 is 0 Å². The molecule has 1 aliphatic rings. The van der Waals surface area contributed by atoms with Gasteiger partial charge in [0.05, 0.1) is 9.79 Å². The Hall–Kier alpha value is -2.37. The standard InChI is InChI=1S/C18H18F2N2O5S2/c19-13-4-6-15(7-5-13)28(24,25)17-11-22(12-17)18(23)8-9-21-29(26,27)16-3-1-2-14(20)10-16/h1-7,10,17,21H,8-9,11-12H2. The molecule has 0 aromatic heterocycles. The molecule has 1 amide bonds. The van der Waals surface area contributed by atoms with Crippen molar-refractivity contribution in [3.8, 4) is 0 Å². The van der Waals surface area contributed by atoms with Crippen molar-refractivity contribution < 1.29 is 30.4 Å². The lowest BCUT2D eigenvalue weighted by Crippen LogP contribution is -2.57. The number of sulfone groups is 1. The van der Waals surface area contributed by atoms with Crippen LogP contribution in [0.1, 0.15) is 6.42 Å². The highest BCUT2D eigenvalue weighted by Gasteiger charge is 2.40. The summed E-state index contributed by atoms with van der Waals surface area (Å²) in [7, 11) is -7.63. The molecule has 0 radical (unpaired) electrons. The number of hydrogen-bond acceptors (Lipinski definition) is 5. The summed E-state index contributed by atoms with van der Waals surface area (Å²) in [6.07, 6.45) is -0.169. The number of nitrogens with one attached hydrogen (secondary N) is 1. The van der Waals surface area contributed by atoms with Crippen molar-refractivity contribution >= 4 is 25.8 Å². The largest absolute Gasteiger partial charge is 0.340 e. The lowest BCUT2D eigenvalue weighted by molar-refractivity contribution is -0.134. The van der Waals surface area contributed by atoms with Gasteiger partial charge in [-0.15, -0.1) is 0 Å². The van der Waals surface area contributed by atoms with E-state index in [1.165, 1.54) is 29.2 Å². The first-order valence-electron chi connectivity index (χ1n) is 8.62. The number of hydrogen-bond donors (Lipinski definition) is 1. The molecule has 2 aromatic rings. The van der Waals surface area contributed by atoms with Crippen LogP contribution in [0, 0.1) is 11.6 Å². The number of benzene rings is 2. The molecule has 2 aromatic carbocycles. The van der Waals surface area contributed by atoms with Gasteiger partial charge in [0, 0.05) is 26.1 Å². The Balaban J connectivity index is 1.50. The van der Waals surface area contributed by atoms with Crippen molar-refractivity contribution in [2.75, 3.05) is 19.6 Å². The SMILES string of the molecule is O=C(CCNS(=O)(=O)c1cccc(F)c1)N1CC(S(=O)(=O)c2ccc(F)cc2)C1. The molecule has 11 heteroatoms. The molecule has 3 rings (SSSR count). The Kier molecular flexibility index (Phi) is 6.01. The van der Waals surface area contributed by atoms with Crippen LogP contribution in [0.15, 0.2) is 58.3 Å². The summed E-state index contributed by atoms with van der Waals surface area (Å²) in [5, 5.41) is -0.791. The number of nitrogens with zero attached hydrogens (tertiary/aromatic N) is 1. The first kappa shape index (κ1) is 21.3. The molecule has 0 aliphatic carbocycles. The molecule has 1 saturated heterocycles. The average Bonchev–Trinajstić information content (AvgIpc) is 2.60. The lowest BCUT2D eigenvalue weighted by Gasteiger charge is -2.38. The van der Waals surface area contributed by atoms with E-state index in [2.05, 4.69) is 4.72 Å². The van der Waals surface area contributed by atoms with Crippen molar-refractivity contribution in [2.24, 2.45) is 0 Å². The van der Waals surface area contributed by atoms with E-state index in [-0.39, 0.29) is 35.8 Å². The van der Waals surface area contributed by atoms with E-state index >= 15 is 0 Å². The van der Waals surface area contributed by atoms with Crippen molar-refractivity contribution in [3.63, 3.8) is 0 Å². The van der Waals surface area contributed by atoms with Crippen LogP contribution in [0.4, 0.5) is 8.78 Å². The zero-order valence-corrected chi connectivity index (χ0v) is 16.7. The van der Waals surface area contributed by atoms with E-state index in [1.54, 1.807) is 0 Å². The topological polar surface area (TPSA) is 101 Å². The minimum Gasteiger partial charge on any atom is -0.340 e. The summed E-state index contributed by atoms with van der Waals surface area (Å²) in [4.78, 5) is 13.2. The number of likely N-dealkylation sites (tertiary alicyclic amines) is 1. The Morgan fingerprint density at radius 2 is 1.62 bits per heavy atom. The molecule has 0 atom stereocenters. The third kappa shape index (κ3) is 4.80. The van der Waals surface area contributed by atoms with E-state index in [4.69, 9.17) is 0 Å². The van der Waals surface area contributed by atoms with Gasteiger partial charge in [-0.25, -0.2) is 30.3 Å². The number of carbonyl (C=O) groups is 1. The second-order valence-corrected chi connectivity index (χ2v) is 10.5. The number of amides is 1. The van der Waals surface area contributed by atoms with E-state index in [1.807, 2.05) is 0 Å². The molecule has 1 aliphatic heterocycles. The van der Waals surface area contributed by atoms with Crippen LogP contribution in [0.5, 0.6) is 0 Å². The normalized spacial score (nSPS) is 15.2. The molecule has 0 saturated carbocycles. The van der Waals surface area contributed by atoms with Crippen LogP contribution in [0.3, 0.4) is 0 Å². The van der Waals surface area contributed by atoms with Gasteiger partial charge < -0.3 is 4.90 Å². The number of sulfonamides is 1. The second-order valence-electron chi connectivity index (χ2n) is 6.52. The maximum Gasteiger partial charge on any atom is 0.240 e. The fraction of sp³-hybridized carbons (Fsp3) is 0.278. The highest BCUT2D eigenvalue weighted by atomic mass is 32.2. The van der Waals surface area contributed by atoms with Gasteiger partial charge in [-0.05, 0) is 42.5 Å². The number of halogens is 2. The molecule has 1 fully saturated rings. The summed E-state index contributed by atoms with van der Waals surface area (Å²) in [5.41, 5.74) is 0. The Labute approximate surface area is 167 Å². The van der Waals surface area contributed by atoms with Gasteiger partial charge in [-0.1, -0.05) is 6.07 Å². The zero-order chi connectivity index (χ0) is 21.2. The van der Waals surface area contributed by atoms with Crippen LogP contribution in [0.2, 0.25) is 0 Å². The molecular formula is C18H18F2N2O5S2. The number of carbonyl (C=O) groups excluding carboxylic acids is 1. The van der Waals surface area contributed by atoms with Gasteiger partial charge in [0.2, 0.25) is 15.9 Å². The fourth-order valence-electron chi connectivity index (χ4n) is 2.82. The highest BCUT2D eigenvalue weighted by Crippen LogP contribution is 2.24. The monoisotopic (exact) mass is 444 g/mol. The predicted octanol–water partition coefficient (Wildman–Crippen LogP) is 1.32. The summed E-state index contributed by atoms with van der Waals surface area (Å²) in [6, 6.07) is 8.93. The minimum absolute atomic E-state index is 0.0150. The lowest BCUT2D eigenvalue weighted by atomic mass is 10.2. The summed E-state index contributed by atoms with van der Waals surface area (Å²) < 4.78 is 77.4. The van der Waals surface area contributed by atoms with Gasteiger partial charge in [-0.2, -0.15) is 0 Å². The van der Waals surface area contributed by atoms with Crippen molar-refractivity contribution in [1.82, 2.24) is 9.62 Å². The van der Waals surface area contributed by atoms with E-state index in [0.717, 1.165) is 24.3 Å². The molecule has 156 valence electrons. The third-order valence-corrected chi connectivity index (χ3v) is 8.08. The third-order valence-electron chi connectivity index (χ3n) is 4.52. The first-order valence-corrected chi connectivity index (χ1v) is 11.6. The van der Waals surface area contributed by atoms with E-state index in [0.29, 0.717) is 0 Å². The zero-order valence-electron chi connectivity index (χ0n) is 15.1. The summed E-state index contributed by atoms with van der Waals surface area (Å²) in [5.74, 6) is -1.65. The quantitative estimate of drug-likeness (QED) is 0.649. The van der Waals surface area contributed by atoms with Crippen molar-refractivity contribution in [3.05, 3.63) is 60.2 Å². The molecule has 1 N–H and O–H groups in total. The van der Waals surface area contributed by atoms with Crippen LogP contribution >= 0.6 is 0 Å². The van der Waals surface area contributed by atoms with Crippen molar-refractivity contribution in [2.45, 2.75) is 21.5 Å².